The Labute approximate surface area is 475 Å². The van der Waals surface area contributed by atoms with E-state index in [-0.39, 0.29) is 77.4 Å². The van der Waals surface area contributed by atoms with Gasteiger partial charge in [0, 0.05) is 81.3 Å². The first-order valence-electron chi connectivity index (χ1n) is 27.9. The largest absolute Gasteiger partial charge is 0.479 e. The number of rotatable bonds is 34. The number of anilines is 2. The second-order valence-corrected chi connectivity index (χ2v) is 23.2. The number of carbonyl (C=O) groups is 4. The second kappa shape index (κ2) is 29.7. The number of aldehydes is 1. The number of aromatic carboxylic acids is 1. The highest BCUT2D eigenvalue weighted by Gasteiger charge is 2.58. The van der Waals surface area contributed by atoms with E-state index in [1.807, 2.05) is 24.0 Å². The molecule has 2 bridgehead atoms. The number of aromatic nitrogens is 1. The molecule has 444 valence electrons. The first kappa shape index (κ1) is 64.0. The maximum atomic E-state index is 12.8. The molecule has 2 saturated carbocycles. The average Bonchev–Trinajstić information content (AvgIpc) is 3.22. The molecule has 2 fully saturated rings. The summed E-state index contributed by atoms with van der Waals surface area (Å²) in [6.07, 6.45) is 8.32. The predicted molar refractivity (Wildman–Crippen MR) is 307 cm³/mol. The van der Waals surface area contributed by atoms with Gasteiger partial charge in [0.15, 0.2) is 11.8 Å². The van der Waals surface area contributed by atoms with Crippen LogP contribution < -0.4 is 25.6 Å². The molecule has 0 spiro atoms. The maximum Gasteiger partial charge on any atom is 0.355 e. The van der Waals surface area contributed by atoms with E-state index in [1.54, 1.807) is 56.6 Å². The van der Waals surface area contributed by atoms with Crippen molar-refractivity contribution in [1.82, 2.24) is 20.7 Å². The van der Waals surface area contributed by atoms with Crippen LogP contribution in [0.1, 0.15) is 129 Å². The molecule has 8 N–H and O–H groups in total. The molecule has 2 aliphatic carbocycles. The van der Waals surface area contributed by atoms with Crippen LogP contribution in [0.4, 0.5) is 11.5 Å². The fourth-order valence-electron chi connectivity index (χ4n) is 12.5. The number of ether oxygens (including phenoxy) is 4. The predicted octanol–water partition coefficient (Wildman–Crippen LogP) is 6.95. The second-order valence-electron chi connectivity index (χ2n) is 23.2. The lowest BCUT2D eigenvalue weighted by Gasteiger charge is -2.61. The first-order chi connectivity index (χ1) is 38.6. The molecule has 81 heavy (non-hydrogen) atoms. The average molecular weight is 1130 g/mol. The number of amides is 1. The number of likely N-dealkylation sites (N-methyl/N-ethyl adjacent to an activating group) is 1. The van der Waals surface area contributed by atoms with Gasteiger partial charge < -0.3 is 65.6 Å². The molecule has 1 aliphatic heterocycles. The normalized spacial score (nSPS) is 21.4. The standard InChI is InChI=1S/C60H85N7O14/c1-41(47(32-61)46-14-16-52(65-54(46)56(74)75)67-21-18-43-11-8-12-44(34-69)48(43)33-67)63-40-59(5)37-58(4)35-57(2,3)36-60(38-58,39-59)78-29-28-77-27-26-76-25-22-66(7)81-79-24-9-10-42-13-15-50(49(30-42)64-53(71)17-20-62-6)80-51(55(72)73)31-45(70)19-23-68/h8-16,30,32,34,45,51,61-63,68,70H,17-29,31,33,35-40H2,1-7H3,(H,64,71)(H,72,73)(H,74,75)/b10-9+,47-41+,61-32?. The van der Waals surface area contributed by atoms with Crippen LogP contribution >= 0.6 is 0 Å². The number of aliphatic carboxylic acids is 1. The molecule has 1 amide bonds. The van der Waals surface area contributed by atoms with E-state index in [4.69, 9.17) is 39.3 Å². The summed E-state index contributed by atoms with van der Waals surface area (Å²) in [5, 5.41) is 58.6. The molecule has 5 unspecified atom stereocenters. The SMILES string of the molecule is CNCCC(=O)Nc1cc(/C=C/COON(C)CCOCCOCCOC23CC(C)(C)CC(C)(CC(C)(CN/C(C)=C(\C=N)c4ccc(N5CCc6cccc(C=O)c6C5)nc4C(=O)O)C2)C3)ccc1OC(CC(O)CCO)C(=O)O. The number of hydrogen-bond acceptors (Lipinski definition) is 18. The molecular weight excluding hydrogens is 1040 g/mol. The highest BCUT2D eigenvalue weighted by Crippen LogP contribution is 2.62. The fraction of sp³-hybridized carbons (Fsp3) is 0.567. The van der Waals surface area contributed by atoms with Crippen molar-refractivity contribution in [1.29, 1.82) is 5.41 Å². The maximum absolute atomic E-state index is 12.8. The molecule has 1 aromatic heterocycles. The van der Waals surface area contributed by atoms with Crippen molar-refractivity contribution in [3.05, 3.63) is 93.8 Å². The third kappa shape index (κ3) is 18.7. The van der Waals surface area contributed by atoms with Gasteiger partial charge in [-0.15, -0.1) is 4.99 Å². The molecule has 0 saturated heterocycles. The summed E-state index contributed by atoms with van der Waals surface area (Å²) in [6, 6.07) is 14.1. The Hall–Kier alpha value is -6.14. The zero-order chi connectivity index (χ0) is 58.8. The van der Waals surface area contributed by atoms with Gasteiger partial charge in [0.25, 0.3) is 0 Å². The van der Waals surface area contributed by atoms with Crippen LogP contribution in [-0.4, -0.2) is 165 Å². The van der Waals surface area contributed by atoms with Crippen LogP contribution in [-0.2, 0) is 46.6 Å². The van der Waals surface area contributed by atoms with Crippen LogP contribution in [0.15, 0.2) is 60.3 Å². The summed E-state index contributed by atoms with van der Waals surface area (Å²) in [6.45, 7) is 15.4. The highest BCUT2D eigenvalue weighted by atomic mass is 17.3. The molecule has 21 heteroatoms. The number of hydroxylamine groups is 2. The van der Waals surface area contributed by atoms with Crippen molar-refractivity contribution in [3.63, 3.8) is 0 Å². The lowest BCUT2D eigenvalue weighted by atomic mass is 9.48. The van der Waals surface area contributed by atoms with E-state index in [9.17, 15) is 34.5 Å². The molecular formula is C60H85N7O14. The third-order valence-electron chi connectivity index (χ3n) is 15.1. The van der Waals surface area contributed by atoms with Gasteiger partial charge in [0.05, 0.1) is 57.0 Å². The Morgan fingerprint density at radius 3 is 2.44 bits per heavy atom. The van der Waals surface area contributed by atoms with Crippen molar-refractivity contribution < 1.29 is 68.4 Å². The number of benzene rings is 2. The number of carboxylic acids is 2. The van der Waals surface area contributed by atoms with Gasteiger partial charge in [-0.05, 0) is 116 Å². The van der Waals surface area contributed by atoms with Crippen LogP contribution in [0.25, 0.3) is 11.6 Å². The van der Waals surface area contributed by atoms with Gasteiger partial charge in [-0.1, -0.05) is 64.1 Å². The van der Waals surface area contributed by atoms with E-state index in [0.717, 1.165) is 49.5 Å². The Kier molecular flexibility index (Phi) is 23.5. The van der Waals surface area contributed by atoms with Gasteiger partial charge in [-0.25, -0.2) is 19.5 Å². The first-order valence-corrected chi connectivity index (χ1v) is 27.9. The number of nitrogens with one attached hydrogen (secondary N) is 4. The summed E-state index contributed by atoms with van der Waals surface area (Å²) in [5.74, 6) is -2.17. The van der Waals surface area contributed by atoms with Crippen molar-refractivity contribution in [2.24, 2.45) is 16.2 Å². The van der Waals surface area contributed by atoms with Crippen LogP contribution in [0.5, 0.6) is 5.75 Å². The Bertz CT molecular complexity index is 2700. The summed E-state index contributed by atoms with van der Waals surface area (Å²) in [4.78, 5) is 66.4. The van der Waals surface area contributed by atoms with E-state index in [1.165, 1.54) is 17.3 Å². The zero-order valence-corrected chi connectivity index (χ0v) is 48.1. The Balaban J connectivity index is 0.934. The van der Waals surface area contributed by atoms with Crippen LogP contribution in [0, 0.1) is 21.7 Å². The van der Waals surface area contributed by atoms with Gasteiger partial charge in [-0.3, -0.25) is 9.59 Å². The smallest absolute Gasteiger partial charge is 0.355 e. The van der Waals surface area contributed by atoms with E-state index >= 15 is 0 Å². The minimum Gasteiger partial charge on any atom is -0.479 e. The Morgan fingerprint density at radius 1 is 0.963 bits per heavy atom. The quantitative estimate of drug-likeness (QED) is 0.00987. The summed E-state index contributed by atoms with van der Waals surface area (Å²) in [5.41, 5.74) is 4.48. The van der Waals surface area contributed by atoms with Crippen molar-refractivity contribution in [3.8, 4) is 5.75 Å². The molecule has 21 nitrogen and oxygen atoms in total. The zero-order valence-electron chi connectivity index (χ0n) is 48.1. The number of aliphatic hydroxyl groups excluding tert-OH is 2. The van der Waals surface area contributed by atoms with Gasteiger partial charge in [0.2, 0.25) is 5.91 Å². The topological polar surface area (TPSA) is 284 Å². The van der Waals surface area contributed by atoms with Crippen molar-refractivity contribution in [2.75, 3.05) is 96.7 Å². The summed E-state index contributed by atoms with van der Waals surface area (Å²) < 4.78 is 24.4. The minimum atomic E-state index is -1.42. The summed E-state index contributed by atoms with van der Waals surface area (Å²) >= 11 is 0. The number of carboxylic acid groups (broad SMARTS) is 2. The van der Waals surface area contributed by atoms with E-state index in [0.29, 0.717) is 106 Å². The molecule has 6 rings (SSSR count). The number of allylic oxidation sites excluding steroid dienone is 2. The van der Waals surface area contributed by atoms with Crippen molar-refractivity contribution in [2.45, 2.75) is 117 Å². The summed E-state index contributed by atoms with van der Waals surface area (Å²) in [7, 11) is 3.43. The van der Waals surface area contributed by atoms with Gasteiger partial charge >= 0.3 is 11.9 Å². The number of carbonyl (C=O) groups excluding carboxylic acids is 2. The molecule has 3 aliphatic rings. The van der Waals surface area contributed by atoms with E-state index in [2.05, 4.69) is 48.6 Å². The number of hydrogen-bond donors (Lipinski definition) is 8. The Morgan fingerprint density at radius 2 is 1.73 bits per heavy atom. The van der Waals surface area contributed by atoms with E-state index < -0.39 is 24.1 Å². The van der Waals surface area contributed by atoms with Crippen molar-refractivity contribution >= 4 is 53.5 Å². The lowest BCUT2D eigenvalue weighted by Crippen LogP contribution is -2.58. The third-order valence-corrected chi connectivity index (χ3v) is 15.1. The van der Waals surface area contributed by atoms with Crippen LogP contribution in [0.3, 0.4) is 0 Å². The molecule has 2 heterocycles. The minimum absolute atomic E-state index is 0.00346. The molecule has 5 atom stereocenters. The number of pyridine rings is 1. The van der Waals surface area contributed by atoms with Gasteiger partial charge in [0.1, 0.15) is 24.5 Å². The highest BCUT2D eigenvalue weighted by molar-refractivity contribution is 6.12. The lowest BCUT2D eigenvalue weighted by molar-refractivity contribution is -0.415. The number of fused-ring (bicyclic) bond motifs is 3. The number of aliphatic hydroxyl groups is 2. The molecule has 3 aromatic rings. The molecule has 0 radical (unpaired) electrons. The number of nitrogens with zero attached hydrogens (tertiary/aromatic N) is 3. The monoisotopic (exact) mass is 1130 g/mol. The van der Waals surface area contributed by atoms with Crippen LogP contribution in [0.2, 0.25) is 0 Å². The van der Waals surface area contributed by atoms with Gasteiger partial charge in [-0.2, -0.15) is 5.06 Å². The molecule has 2 aromatic carbocycles. The fourth-order valence-corrected chi connectivity index (χ4v) is 12.5.